The molecule has 0 saturated carbocycles. The van der Waals surface area contributed by atoms with Crippen molar-refractivity contribution in [3.8, 4) is 5.75 Å². The third-order valence-corrected chi connectivity index (χ3v) is 1.40. The maximum absolute atomic E-state index is 5.22. The molecule has 0 bridgehead atoms. The van der Waals surface area contributed by atoms with E-state index in [1.807, 2.05) is 20.9 Å². The molecule has 55 valence electrons. The molecule has 0 N–H and O–H groups in total. The molecule has 1 aromatic rings. The molecule has 0 atom stereocenters. The van der Waals surface area contributed by atoms with E-state index in [4.69, 9.17) is 4.74 Å². The number of aryl methyl sites for hydroxylation is 1. The average molecular weight is 139 g/mol. The Balaban J connectivity index is 2.83. The second-order valence-corrected chi connectivity index (χ2v) is 2.08. The molecule has 1 heterocycles. The molecule has 0 aliphatic carbocycles. The largest absolute Gasteiger partial charge is 0.490 e. The van der Waals surface area contributed by atoms with Crippen molar-refractivity contribution in [2.24, 2.45) is 7.05 Å². The van der Waals surface area contributed by atoms with Crippen LogP contribution in [0.1, 0.15) is 12.6 Å². The van der Waals surface area contributed by atoms with Gasteiger partial charge in [-0.3, -0.25) is 4.68 Å². The molecule has 0 aliphatic heterocycles. The number of aromatic nitrogens is 2. The van der Waals surface area contributed by atoms with Gasteiger partial charge in [0.25, 0.3) is 0 Å². The highest BCUT2D eigenvalue weighted by atomic mass is 16.5. The molecule has 1 rings (SSSR count). The molecule has 0 amide bonds. The van der Waals surface area contributed by atoms with Crippen LogP contribution >= 0.6 is 0 Å². The van der Waals surface area contributed by atoms with Crippen LogP contribution in [0, 0.1) is 13.1 Å². The summed E-state index contributed by atoms with van der Waals surface area (Å²) < 4.78 is 6.96. The van der Waals surface area contributed by atoms with Gasteiger partial charge in [0, 0.05) is 7.05 Å². The van der Waals surface area contributed by atoms with Gasteiger partial charge in [-0.05, 0) is 13.8 Å². The second-order valence-electron chi connectivity index (χ2n) is 2.08. The van der Waals surface area contributed by atoms with E-state index in [-0.39, 0.29) is 0 Å². The van der Waals surface area contributed by atoms with Gasteiger partial charge >= 0.3 is 0 Å². The predicted octanol–water partition coefficient (Wildman–Crippen LogP) is 0.927. The lowest BCUT2D eigenvalue weighted by molar-refractivity contribution is 0.336. The van der Waals surface area contributed by atoms with Gasteiger partial charge in [-0.2, -0.15) is 5.10 Å². The molecule has 0 aliphatic rings. The number of rotatable bonds is 2. The Labute approximate surface area is 60.6 Å². The van der Waals surface area contributed by atoms with Crippen LogP contribution in [0.4, 0.5) is 0 Å². The van der Waals surface area contributed by atoms with Crippen LogP contribution in [0.3, 0.4) is 0 Å². The summed E-state index contributed by atoms with van der Waals surface area (Å²) in [6.45, 7) is 4.57. The highest BCUT2D eigenvalue weighted by molar-refractivity contribution is 5.21. The Bertz CT molecular complexity index is 217. The zero-order valence-electron chi connectivity index (χ0n) is 6.51. The average Bonchev–Trinajstić information content (AvgIpc) is 2.20. The van der Waals surface area contributed by atoms with Crippen molar-refractivity contribution < 1.29 is 4.74 Å². The lowest BCUT2D eigenvalue weighted by Crippen LogP contribution is -1.95. The summed E-state index contributed by atoms with van der Waals surface area (Å²) in [4.78, 5) is 0. The summed E-state index contributed by atoms with van der Waals surface area (Å²) in [7, 11) is 1.87. The van der Waals surface area contributed by atoms with Gasteiger partial charge in [-0.25, -0.2) is 0 Å². The van der Waals surface area contributed by atoms with Crippen LogP contribution in [0.5, 0.6) is 5.75 Å². The summed E-state index contributed by atoms with van der Waals surface area (Å²) in [5.41, 5.74) is 1.02. The number of nitrogens with zero attached hydrogens (tertiary/aromatic N) is 2. The molecule has 10 heavy (non-hydrogen) atoms. The van der Waals surface area contributed by atoms with E-state index in [0.717, 1.165) is 11.4 Å². The van der Waals surface area contributed by atoms with Crippen molar-refractivity contribution in [1.82, 2.24) is 9.78 Å². The van der Waals surface area contributed by atoms with E-state index >= 15 is 0 Å². The van der Waals surface area contributed by atoms with E-state index < -0.39 is 0 Å². The predicted molar refractivity (Wildman–Crippen MR) is 38.0 cm³/mol. The molecule has 1 radical (unpaired) electrons. The maximum Gasteiger partial charge on any atom is 0.169 e. The van der Waals surface area contributed by atoms with Crippen molar-refractivity contribution in [3.63, 3.8) is 0 Å². The SMILES string of the molecule is CCOc1[c]nn(C)c1C. The van der Waals surface area contributed by atoms with Gasteiger partial charge in [0.15, 0.2) is 11.9 Å². The monoisotopic (exact) mass is 139 g/mol. The number of hydrogen-bond acceptors (Lipinski definition) is 2. The fourth-order valence-electron chi connectivity index (χ4n) is 0.704. The Morgan fingerprint density at radius 2 is 2.40 bits per heavy atom. The topological polar surface area (TPSA) is 27.1 Å². The Morgan fingerprint density at radius 3 is 2.80 bits per heavy atom. The van der Waals surface area contributed by atoms with Crippen LogP contribution in [0.25, 0.3) is 0 Å². The summed E-state index contributed by atoms with van der Waals surface area (Å²) >= 11 is 0. The van der Waals surface area contributed by atoms with Crippen LogP contribution < -0.4 is 4.74 Å². The fourth-order valence-corrected chi connectivity index (χ4v) is 0.704. The van der Waals surface area contributed by atoms with E-state index in [2.05, 4.69) is 11.3 Å². The lowest BCUT2D eigenvalue weighted by Gasteiger charge is -1.99. The molecule has 0 aromatic carbocycles. The minimum Gasteiger partial charge on any atom is -0.490 e. The van der Waals surface area contributed by atoms with Gasteiger partial charge in [0.2, 0.25) is 0 Å². The van der Waals surface area contributed by atoms with Gasteiger partial charge in [0.1, 0.15) is 0 Å². The van der Waals surface area contributed by atoms with Crippen LogP contribution in [0.15, 0.2) is 0 Å². The number of ether oxygens (including phenoxy) is 1. The highest BCUT2D eigenvalue weighted by Gasteiger charge is 2.02. The highest BCUT2D eigenvalue weighted by Crippen LogP contribution is 2.13. The molecule has 0 unspecified atom stereocenters. The molecule has 0 spiro atoms. The Kier molecular flexibility index (Phi) is 1.94. The van der Waals surface area contributed by atoms with Crippen LogP contribution in [0.2, 0.25) is 0 Å². The first-order valence-corrected chi connectivity index (χ1v) is 3.29. The first-order chi connectivity index (χ1) is 4.75. The fraction of sp³-hybridized carbons (Fsp3) is 0.571. The van der Waals surface area contributed by atoms with Crippen LogP contribution in [-0.4, -0.2) is 16.4 Å². The minimum atomic E-state index is 0.670. The van der Waals surface area contributed by atoms with Crippen molar-refractivity contribution in [1.29, 1.82) is 0 Å². The smallest absolute Gasteiger partial charge is 0.169 e. The van der Waals surface area contributed by atoms with E-state index in [1.165, 1.54) is 0 Å². The van der Waals surface area contributed by atoms with E-state index in [9.17, 15) is 0 Å². The van der Waals surface area contributed by atoms with Gasteiger partial charge in [-0.1, -0.05) is 0 Å². The van der Waals surface area contributed by atoms with Gasteiger partial charge < -0.3 is 4.74 Å². The molecular weight excluding hydrogens is 128 g/mol. The lowest BCUT2D eigenvalue weighted by atomic mass is 10.4. The van der Waals surface area contributed by atoms with Crippen molar-refractivity contribution >= 4 is 0 Å². The first-order valence-electron chi connectivity index (χ1n) is 3.29. The molecular formula is C7H11N2O. The van der Waals surface area contributed by atoms with Gasteiger partial charge in [0.05, 0.1) is 12.3 Å². The Hall–Kier alpha value is -0.990. The molecule has 0 fully saturated rings. The van der Waals surface area contributed by atoms with Crippen molar-refractivity contribution in [3.05, 3.63) is 11.9 Å². The summed E-state index contributed by atoms with van der Waals surface area (Å²) in [5, 5.41) is 3.90. The van der Waals surface area contributed by atoms with E-state index in [0.29, 0.717) is 6.61 Å². The Morgan fingerprint density at radius 1 is 1.70 bits per heavy atom. The van der Waals surface area contributed by atoms with E-state index in [1.54, 1.807) is 4.68 Å². The minimum absolute atomic E-state index is 0.670. The quantitative estimate of drug-likeness (QED) is 0.609. The van der Waals surface area contributed by atoms with Crippen molar-refractivity contribution in [2.75, 3.05) is 6.61 Å². The first kappa shape index (κ1) is 7.12. The second kappa shape index (κ2) is 2.73. The molecule has 0 saturated heterocycles. The maximum atomic E-state index is 5.22. The number of hydrogen-bond donors (Lipinski definition) is 0. The standard InChI is InChI=1S/C7H11N2O/c1-4-10-7-5-8-9(3)6(7)2/h4H2,1-3H3. The van der Waals surface area contributed by atoms with Crippen molar-refractivity contribution in [2.45, 2.75) is 13.8 Å². The molecule has 1 aromatic heterocycles. The normalized spacial score (nSPS) is 9.90. The molecule has 3 heteroatoms. The zero-order valence-corrected chi connectivity index (χ0v) is 6.51. The summed E-state index contributed by atoms with van der Waals surface area (Å²) in [6.07, 6.45) is 2.77. The van der Waals surface area contributed by atoms with Gasteiger partial charge in [-0.15, -0.1) is 0 Å². The molecule has 3 nitrogen and oxygen atoms in total. The third-order valence-electron chi connectivity index (χ3n) is 1.40. The summed E-state index contributed by atoms with van der Waals surface area (Å²) in [5.74, 6) is 0.755. The zero-order chi connectivity index (χ0) is 7.56. The summed E-state index contributed by atoms with van der Waals surface area (Å²) in [6, 6.07) is 0. The third kappa shape index (κ3) is 1.12. The van der Waals surface area contributed by atoms with Crippen LogP contribution in [-0.2, 0) is 7.05 Å².